The van der Waals surface area contributed by atoms with Gasteiger partial charge in [-0.25, -0.2) is 4.79 Å². The van der Waals surface area contributed by atoms with Crippen LogP contribution in [0, 0.1) is 0 Å². The van der Waals surface area contributed by atoms with Crippen molar-refractivity contribution >= 4 is 11.7 Å². The summed E-state index contributed by atoms with van der Waals surface area (Å²) in [6.07, 6.45) is 1.54. The summed E-state index contributed by atoms with van der Waals surface area (Å²) in [6.45, 7) is 5.86. The standard InChI is InChI=1S/C16H21NO3/c1-16(2,3)20-15(19)17-10-13(9-14(17)11-18)12-7-5-4-6-8-12/h4-9,14,18H,10-11H2,1-3H3. The summed E-state index contributed by atoms with van der Waals surface area (Å²) in [5, 5.41) is 9.45. The summed E-state index contributed by atoms with van der Waals surface area (Å²) < 4.78 is 5.38. The first kappa shape index (κ1) is 14.6. The number of nitrogens with zero attached hydrogens (tertiary/aromatic N) is 1. The molecule has 0 bridgehead atoms. The van der Waals surface area contributed by atoms with Gasteiger partial charge in [0.15, 0.2) is 0 Å². The molecule has 1 atom stereocenters. The maximum absolute atomic E-state index is 12.2. The molecule has 1 aromatic carbocycles. The van der Waals surface area contributed by atoms with Crippen LogP contribution in [0.5, 0.6) is 0 Å². The number of hydrogen-bond acceptors (Lipinski definition) is 3. The van der Waals surface area contributed by atoms with Gasteiger partial charge in [-0.15, -0.1) is 0 Å². The molecule has 0 aliphatic carbocycles. The first-order chi connectivity index (χ1) is 9.40. The topological polar surface area (TPSA) is 49.8 Å². The molecule has 4 heteroatoms. The fourth-order valence-corrected chi connectivity index (χ4v) is 2.19. The third kappa shape index (κ3) is 3.39. The number of aliphatic hydroxyl groups excluding tert-OH is 1. The minimum absolute atomic E-state index is 0.102. The van der Waals surface area contributed by atoms with Crippen LogP contribution >= 0.6 is 0 Å². The van der Waals surface area contributed by atoms with Gasteiger partial charge in [0, 0.05) is 0 Å². The van der Waals surface area contributed by atoms with Crippen LogP contribution in [0.3, 0.4) is 0 Å². The van der Waals surface area contributed by atoms with Crippen molar-refractivity contribution in [2.45, 2.75) is 32.4 Å². The van der Waals surface area contributed by atoms with Crippen LogP contribution in [0.15, 0.2) is 36.4 Å². The van der Waals surface area contributed by atoms with Gasteiger partial charge >= 0.3 is 6.09 Å². The van der Waals surface area contributed by atoms with Crippen molar-refractivity contribution in [3.63, 3.8) is 0 Å². The lowest BCUT2D eigenvalue weighted by Gasteiger charge is -2.27. The average Bonchev–Trinajstić information content (AvgIpc) is 2.82. The molecule has 108 valence electrons. The van der Waals surface area contributed by atoms with Crippen LogP contribution in [-0.2, 0) is 4.74 Å². The van der Waals surface area contributed by atoms with Gasteiger partial charge in [0.1, 0.15) is 5.60 Å². The predicted molar refractivity (Wildman–Crippen MR) is 78.2 cm³/mol. The van der Waals surface area contributed by atoms with Gasteiger partial charge in [-0.05, 0) is 31.9 Å². The molecular formula is C16H21NO3. The van der Waals surface area contributed by atoms with Gasteiger partial charge in [0.25, 0.3) is 0 Å². The van der Waals surface area contributed by atoms with Crippen LogP contribution in [0.2, 0.25) is 0 Å². The van der Waals surface area contributed by atoms with Crippen LogP contribution < -0.4 is 0 Å². The summed E-state index contributed by atoms with van der Waals surface area (Å²) in [6, 6.07) is 9.55. The lowest BCUT2D eigenvalue weighted by Crippen LogP contribution is -2.41. The van der Waals surface area contributed by atoms with Crippen LogP contribution in [-0.4, -0.2) is 40.9 Å². The highest BCUT2D eigenvalue weighted by atomic mass is 16.6. The molecule has 2 rings (SSSR count). The van der Waals surface area contributed by atoms with E-state index in [4.69, 9.17) is 4.74 Å². The van der Waals surface area contributed by atoms with Crippen molar-refractivity contribution in [3.8, 4) is 0 Å². The normalized spacial score (nSPS) is 18.9. The highest BCUT2D eigenvalue weighted by Crippen LogP contribution is 2.26. The van der Waals surface area contributed by atoms with E-state index in [1.165, 1.54) is 0 Å². The Balaban J connectivity index is 2.13. The van der Waals surface area contributed by atoms with E-state index in [0.717, 1.165) is 11.1 Å². The monoisotopic (exact) mass is 275 g/mol. The van der Waals surface area contributed by atoms with Crippen molar-refractivity contribution in [3.05, 3.63) is 42.0 Å². The second-order valence-corrected chi connectivity index (χ2v) is 5.92. The maximum Gasteiger partial charge on any atom is 0.411 e. The lowest BCUT2D eigenvalue weighted by molar-refractivity contribution is 0.0200. The van der Waals surface area contributed by atoms with Gasteiger partial charge in [-0.3, -0.25) is 4.90 Å². The van der Waals surface area contributed by atoms with Crippen molar-refractivity contribution in [2.24, 2.45) is 0 Å². The minimum Gasteiger partial charge on any atom is -0.444 e. The molecule has 4 nitrogen and oxygen atoms in total. The molecule has 1 amide bonds. The van der Waals surface area contributed by atoms with E-state index in [-0.39, 0.29) is 12.6 Å². The molecule has 1 aliphatic heterocycles. The van der Waals surface area contributed by atoms with E-state index in [1.807, 2.05) is 57.2 Å². The quantitative estimate of drug-likeness (QED) is 0.902. The first-order valence-corrected chi connectivity index (χ1v) is 6.77. The Morgan fingerprint density at radius 3 is 2.55 bits per heavy atom. The number of rotatable bonds is 2. The second kappa shape index (κ2) is 5.67. The van der Waals surface area contributed by atoms with Crippen molar-refractivity contribution in [2.75, 3.05) is 13.2 Å². The smallest absolute Gasteiger partial charge is 0.411 e. The third-order valence-corrected chi connectivity index (χ3v) is 3.09. The summed E-state index contributed by atoms with van der Waals surface area (Å²) in [5.41, 5.74) is 1.57. The molecule has 1 aliphatic rings. The van der Waals surface area contributed by atoms with E-state index >= 15 is 0 Å². The number of hydrogen-bond donors (Lipinski definition) is 1. The van der Waals surface area contributed by atoms with E-state index in [2.05, 4.69) is 0 Å². The molecule has 1 unspecified atom stereocenters. The zero-order valence-corrected chi connectivity index (χ0v) is 12.2. The van der Waals surface area contributed by atoms with Gasteiger partial charge in [-0.1, -0.05) is 36.4 Å². The fourth-order valence-electron chi connectivity index (χ4n) is 2.19. The van der Waals surface area contributed by atoms with Crippen LogP contribution in [0.1, 0.15) is 26.3 Å². The number of carbonyl (C=O) groups excluding carboxylic acids is 1. The highest BCUT2D eigenvalue weighted by Gasteiger charge is 2.32. The van der Waals surface area contributed by atoms with Crippen molar-refractivity contribution < 1.29 is 14.6 Å². The molecule has 0 aromatic heterocycles. The van der Waals surface area contributed by atoms with E-state index in [0.29, 0.717) is 6.54 Å². The molecule has 1 N–H and O–H groups in total. The van der Waals surface area contributed by atoms with Gasteiger partial charge < -0.3 is 9.84 Å². The molecule has 0 spiro atoms. The Hall–Kier alpha value is -1.81. The summed E-state index contributed by atoms with van der Waals surface area (Å²) >= 11 is 0. The van der Waals surface area contributed by atoms with Crippen LogP contribution in [0.4, 0.5) is 4.79 Å². The van der Waals surface area contributed by atoms with E-state index < -0.39 is 11.7 Å². The number of amides is 1. The summed E-state index contributed by atoms with van der Waals surface area (Å²) in [7, 11) is 0. The zero-order chi connectivity index (χ0) is 14.8. The molecular weight excluding hydrogens is 254 g/mol. The van der Waals surface area contributed by atoms with Crippen molar-refractivity contribution in [1.82, 2.24) is 4.90 Å². The zero-order valence-electron chi connectivity index (χ0n) is 12.2. The predicted octanol–water partition coefficient (Wildman–Crippen LogP) is 2.68. The molecule has 20 heavy (non-hydrogen) atoms. The highest BCUT2D eigenvalue weighted by molar-refractivity contribution is 5.78. The number of aliphatic hydroxyl groups is 1. The number of benzene rings is 1. The lowest BCUT2D eigenvalue weighted by atomic mass is 10.1. The summed E-state index contributed by atoms with van der Waals surface area (Å²) in [5.74, 6) is 0. The molecule has 0 radical (unpaired) electrons. The van der Waals surface area contributed by atoms with Crippen molar-refractivity contribution in [1.29, 1.82) is 0 Å². The Kier molecular flexibility index (Phi) is 4.14. The molecule has 1 heterocycles. The number of carbonyl (C=O) groups is 1. The second-order valence-electron chi connectivity index (χ2n) is 5.92. The maximum atomic E-state index is 12.2. The van der Waals surface area contributed by atoms with Gasteiger partial charge in [0.05, 0.1) is 19.2 Å². The number of ether oxygens (including phenoxy) is 1. The molecule has 0 fully saturated rings. The van der Waals surface area contributed by atoms with Gasteiger partial charge in [0.2, 0.25) is 0 Å². The Bertz CT molecular complexity index is 502. The molecule has 0 saturated carbocycles. The molecule has 1 aromatic rings. The van der Waals surface area contributed by atoms with Crippen LogP contribution in [0.25, 0.3) is 5.57 Å². The third-order valence-electron chi connectivity index (χ3n) is 3.09. The minimum atomic E-state index is -0.535. The Morgan fingerprint density at radius 1 is 1.35 bits per heavy atom. The van der Waals surface area contributed by atoms with Gasteiger partial charge in [-0.2, -0.15) is 0 Å². The SMILES string of the molecule is CC(C)(C)OC(=O)N1CC(c2ccccc2)=CC1CO. The fraction of sp³-hybridized carbons (Fsp3) is 0.438. The Morgan fingerprint density at radius 2 is 2.00 bits per heavy atom. The van der Waals surface area contributed by atoms with E-state index in [9.17, 15) is 9.90 Å². The summed E-state index contributed by atoms with van der Waals surface area (Å²) in [4.78, 5) is 13.7. The van der Waals surface area contributed by atoms with E-state index in [1.54, 1.807) is 4.90 Å². The Labute approximate surface area is 119 Å². The first-order valence-electron chi connectivity index (χ1n) is 6.77. The molecule has 0 saturated heterocycles. The largest absolute Gasteiger partial charge is 0.444 e. The average molecular weight is 275 g/mol.